The molecule has 0 radical (unpaired) electrons. The number of phenolic OH excluding ortho intramolecular Hbond substituents is 1. The maximum Gasteiger partial charge on any atom is 0.203 e. The number of aromatic hydroxyl groups is 1. The van der Waals surface area contributed by atoms with Gasteiger partial charge in [0.25, 0.3) is 0 Å². The van der Waals surface area contributed by atoms with Gasteiger partial charge in [-0.05, 0) is 34.9 Å². The number of hydrogen-bond donors (Lipinski definition) is 2. The molecule has 0 saturated carbocycles. The van der Waals surface area contributed by atoms with Crippen LogP contribution in [0.1, 0.15) is 5.56 Å². The maximum atomic E-state index is 9.64. The average molecular weight is 401 g/mol. The summed E-state index contributed by atoms with van der Waals surface area (Å²) >= 11 is 1.49. The van der Waals surface area contributed by atoms with Gasteiger partial charge >= 0.3 is 0 Å². The minimum atomic E-state index is 0.0976. The van der Waals surface area contributed by atoms with Crippen LogP contribution in [0.3, 0.4) is 0 Å². The lowest BCUT2D eigenvalue weighted by atomic mass is 10.0. The van der Waals surface area contributed by atoms with E-state index in [1.807, 2.05) is 23.6 Å². The number of anilines is 1. The van der Waals surface area contributed by atoms with Gasteiger partial charge in [-0.3, -0.25) is 5.43 Å². The van der Waals surface area contributed by atoms with Crippen LogP contribution in [-0.4, -0.2) is 23.4 Å². The standard InChI is InChI=1S/C23H19N3O2S/c1-28-22-13-16(7-12-21(22)27)14-24-26-23-25-20(15-29-23)19-10-8-18(9-11-19)17-5-3-2-4-6-17/h2-15,27H,1H3,(H,25,26). The molecule has 2 N–H and O–H groups in total. The third kappa shape index (κ3) is 4.44. The van der Waals surface area contributed by atoms with Crippen LogP contribution in [0.4, 0.5) is 5.13 Å². The molecule has 0 atom stereocenters. The van der Waals surface area contributed by atoms with Crippen LogP contribution in [0.25, 0.3) is 22.4 Å². The number of aromatic nitrogens is 1. The molecule has 0 fully saturated rings. The molecule has 0 unspecified atom stereocenters. The van der Waals surface area contributed by atoms with Gasteiger partial charge < -0.3 is 9.84 Å². The molecule has 0 aliphatic carbocycles. The van der Waals surface area contributed by atoms with Crippen LogP contribution >= 0.6 is 11.3 Å². The smallest absolute Gasteiger partial charge is 0.203 e. The van der Waals surface area contributed by atoms with Crippen molar-refractivity contribution in [3.8, 4) is 33.9 Å². The molecule has 0 aliphatic rings. The molecule has 0 amide bonds. The number of hydrogen-bond acceptors (Lipinski definition) is 6. The Labute approximate surface area is 173 Å². The summed E-state index contributed by atoms with van der Waals surface area (Å²) in [7, 11) is 1.51. The van der Waals surface area contributed by atoms with Gasteiger partial charge in [-0.2, -0.15) is 5.10 Å². The zero-order chi connectivity index (χ0) is 20.1. The average Bonchev–Trinajstić information content (AvgIpc) is 3.24. The second-order valence-electron chi connectivity index (χ2n) is 6.28. The molecule has 0 saturated heterocycles. The number of thiazole rings is 1. The molecule has 5 nitrogen and oxygen atoms in total. The molecule has 144 valence electrons. The Morgan fingerprint density at radius 1 is 0.966 bits per heavy atom. The summed E-state index contributed by atoms with van der Waals surface area (Å²) in [4.78, 5) is 4.59. The fourth-order valence-electron chi connectivity index (χ4n) is 2.86. The van der Waals surface area contributed by atoms with Gasteiger partial charge in [-0.25, -0.2) is 4.98 Å². The highest BCUT2D eigenvalue weighted by atomic mass is 32.1. The molecule has 29 heavy (non-hydrogen) atoms. The first-order valence-electron chi connectivity index (χ1n) is 9.00. The third-order valence-electron chi connectivity index (χ3n) is 4.37. The van der Waals surface area contributed by atoms with E-state index < -0.39 is 0 Å². The number of phenols is 1. The minimum absolute atomic E-state index is 0.0976. The Balaban J connectivity index is 1.43. The summed E-state index contributed by atoms with van der Waals surface area (Å²) in [6, 6.07) is 23.7. The zero-order valence-electron chi connectivity index (χ0n) is 15.7. The first-order chi connectivity index (χ1) is 14.2. The lowest BCUT2D eigenvalue weighted by molar-refractivity contribution is 0.373. The maximum absolute atomic E-state index is 9.64. The van der Waals surface area contributed by atoms with E-state index in [1.165, 1.54) is 29.6 Å². The van der Waals surface area contributed by atoms with Crippen molar-refractivity contribution in [2.75, 3.05) is 12.5 Å². The Morgan fingerprint density at radius 2 is 1.69 bits per heavy atom. The van der Waals surface area contributed by atoms with Gasteiger partial charge in [0.1, 0.15) is 0 Å². The van der Waals surface area contributed by atoms with Crippen LogP contribution < -0.4 is 10.2 Å². The van der Waals surface area contributed by atoms with E-state index in [2.05, 4.69) is 51.9 Å². The van der Waals surface area contributed by atoms with E-state index in [1.54, 1.807) is 24.4 Å². The fourth-order valence-corrected chi connectivity index (χ4v) is 3.53. The SMILES string of the molecule is COc1cc(C=NNc2nc(-c3ccc(-c4ccccc4)cc3)cs2)ccc1O. The molecule has 4 rings (SSSR count). The van der Waals surface area contributed by atoms with Gasteiger partial charge in [0.05, 0.1) is 19.0 Å². The number of nitrogens with zero attached hydrogens (tertiary/aromatic N) is 2. The van der Waals surface area contributed by atoms with Gasteiger partial charge in [0, 0.05) is 10.9 Å². The van der Waals surface area contributed by atoms with Crippen molar-refractivity contribution in [1.29, 1.82) is 0 Å². The lowest BCUT2D eigenvalue weighted by Crippen LogP contribution is -1.91. The molecule has 1 aromatic heterocycles. The molecule has 0 aliphatic heterocycles. The monoisotopic (exact) mass is 401 g/mol. The highest BCUT2D eigenvalue weighted by Gasteiger charge is 2.05. The summed E-state index contributed by atoms with van der Waals surface area (Å²) in [5, 5.41) is 16.6. The van der Waals surface area contributed by atoms with Gasteiger partial charge in [-0.1, -0.05) is 54.6 Å². The summed E-state index contributed by atoms with van der Waals surface area (Å²) in [6.07, 6.45) is 1.65. The molecular formula is C23H19N3O2S. The molecule has 4 aromatic rings. The van der Waals surface area contributed by atoms with Crippen LogP contribution in [0, 0.1) is 0 Å². The lowest BCUT2D eigenvalue weighted by Gasteiger charge is -2.03. The van der Waals surface area contributed by atoms with Crippen molar-refractivity contribution in [3.05, 3.63) is 83.7 Å². The van der Waals surface area contributed by atoms with Crippen molar-refractivity contribution in [3.63, 3.8) is 0 Å². The molecule has 6 heteroatoms. The van der Waals surface area contributed by atoms with Crippen molar-refractivity contribution in [2.45, 2.75) is 0 Å². The van der Waals surface area contributed by atoms with E-state index in [-0.39, 0.29) is 5.75 Å². The van der Waals surface area contributed by atoms with Crippen LogP contribution in [0.15, 0.2) is 83.3 Å². The molecule has 3 aromatic carbocycles. The largest absolute Gasteiger partial charge is 0.504 e. The molecule has 0 spiro atoms. The zero-order valence-corrected chi connectivity index (χ0v) is 16.6. The Kier molecular flexibility index (Phi) is 5.54. The molecule has 1 heterocycles. The van der Waals surface area contributed by atoms with Crippen molar-refractivity contribution in [2.24, 2.45) is 5.10 Å². The van der Waals surface area contributed by atoms with E-state index in [0.717, 1.165) is 16.8 Å². The first-order valence-corrected chi connectivity index (χ1v) is 9.88. The predicted octanol–water partition coefficient (Wildman–Crippen LogP) is 5.64. The second kappa shape index (κ2) is 8.58. The van der Waals surface area contributed by atoms with E-state index >= 15 is 0 Å². The third-order valence-corrected chi connectivity index (χ3v) is 5.12. The summed E-state index contributed by atoms with van der Waals surface area (Å²) in [5.74, 6) is 0.505. The summed E-state index contributed by atoms with van der Waals surface area (Å²) < 4.78 is 5.10. The number of rotatable bonds is 6. The Bertz CT molecular complexity index is 1120. The fraction of sp³-hybridized carbons (Fsp3) is 0.0435. The van der Waals surface area contributed by atoms with Crippen LogP contribution in [0.5, 0.6) is 11.5 Å². The molecular weight excluding hydrogens is 382 g/mol. The van der Waals surface area contributed by atoms with E-state index in [9.17, 15) is 5.11 Å². The Morgan fingerprint density at radius 3 is 2.45 bits per heavy atom. The van der Waals surface area contributed by atoms with Gasteiger partial charge in [0.2, 0.25) is 5.13 Å². The number of nitrogens with one attached hydrogen (secondary N) is 1. The minimum Gasteiger partial charge on any atom is -0.504 e. The van der Waals surface area contributed by atoms with Crippen LogP contribution in [0.2, 0.25) is 0 Å². The Hall–Kier alpha value is -3.64. The van der Waals surface area contributed by atoms with E-state index in [0.29, 0.717) is 10.9 Å². The number of methoxy groups -OCH3 is 1. The van der Waals surface area contributed by atoms with E-state index in [4.69, 9.17) is 4.74 Å². The number of benzene rings is 3. The van der Waals surface area contributed by atoms with Crippen molar-refractivity contribution < 1.29 is 9.84 Å². The summed E-state index contributed by atoms with van der Waals surface area (Å²) in [6.45, 7) is 0. The predicted molar refractivity (Wildman–Crippen MR) is 119 cm³/mol. The highest BCUT2D eigenvalue weighted by Crippen LogP contribution is 2.28. The van der Waals surface area contributed by atoms with Crippen LogP contribution in [-0.2, 0) is 0 Å². The first kappa shape index (κ1) is 18.7. The van der Waals surface area contributed by atoms with Gasteiger partial charge in [-0.15, -0.1) is 11.3 Å². The quantitative estimate of drug-likeness (QED) is 0.324. The number of ether oxygens (including phenoxy) is 1. The molecule has 0 bridgehead atoms. The highest BCUT2D eigenvalue weighted by molar-refractivity contribution is 7.14. The van der Waals surface area contributed by atoms with Gasteiger partial charge in [0.15, 0.2) is 11.5 Å². The summed E-state index contributed by atoms with van der Waals surface area (Å²) in [5.41, 5.74) is 8.08. The van der Waals surface area contributed by atoms with Crippen molar-refractivity contribution >= 4 is 22.7 Å². The number of hydrazone groups is 1. The topological polar surface area (TPSA) is 66.7 Å². The second-order valence-corrected chi connectivity index (χ2v) is 7.14. The normalized spacial score (nSPS) is 10.9. The van der Waals surface area contributed by atoms with Crippen molar-refractivity contribution in [1.82, 2.24) is 4.98 Å².